The van der Waals surface area contributed by atoms with Crippen molar-refractivity contribution in [2.75, 3.05) is 12.3 Å². The van der Waals surface area contributed by atoms with E-state index in [1.165, 1.54) is 25.7 Å². The maximum atomic E-state index is 11.5. The quantitative estimate of drug-likeness (QED) is 0.618. The Bertz CT molecular complexity index is 267. The third-order valence-electron chi connectivity index (χ3n) is 2.81. The summed E-state index contributed by atoms with van der Waals surface area (Å²) in [5, 5.41) is 5.90. The largest absolute Gasteiger partial charge is 0.353 e. The lowest BCUT2D eigenvalue weighted by Gasteiger charge is -2.13. The molecule has 6 heteroatoms. The molecule has 0 aromatic heterocycles. The maximum Gasteiger partial charge on any atom is 0.312 e. The number of rotatable bonds is 6. The van der Waals surface area contributed by atoms with Gasteiger partial charge in [-0.2, -0.15) is 11.8 Å². The second-order valence-electron chi connectivity index (χ2n) is 4.30. The van der Waals surface area contributed by atoms with Crippen LogP contribution < -0.4 is 16.4 Å². The molecule has 5 nitrogen and oxygen atoms in total. The maximum absolute atomic E-state index is 11.5. The second kappa shape index (κ2) is 7.42. The van der Waals surface area contributed by atoms with E-state index < -0.39 is 12.1 Å². The van der Waals surface area contributed by atoms with E-state index in [9.17, 15) is 9.59 Å². The minimum atomic E-state index is -0.673. The number of amides is 3. The lowest BCUT2D eigenvalue weighted by atomic mass is 10.3. The molecule has 1 saturated carbocycles. The van der Waals surface area contributed by atoms with E-state index in [1.807, 2.05) is 11.8 Å². The van der Waals surface area contributed by atoms with Crippen molar-refractivity contribution in [2.45, 2.75) is 43.9 Å². The van der Waals surface area contributed by atoms with Crippen LogP contribution in [-0.4, -0.2) is 35.5 Å². The smallest absolute Gasteiger partial charge is 0.312 e. The molecule has 1 aliphatic carbocycles. The highest BCUT2D eigenvalue weighted by Crippen LogP contribution is 2.28. The van der Waals surface area contributed by atoms with Crippen LogP contribution in [-0.2, 0) is 4.79 Å². The van der Waals surface area contributed by atoms with Crippen LogP contribution in [0.15, 0.2) is 0 Å². The Morgan fingerprint density at radius 1 is 1.41 bits per heavy atom. The average molecular weight is 259 g/mol. The van der Waals surface area contributed by atoms with Gasteiger partial charge in [-0.25, -0.2) is 4.79 Å². The summed E-state index contributed by atoms with van der Waals surface area (Å²) < 4.78 is 0. The van der Waals surface area contributed by atoms with Crippen LogP contribution in [0.1, 0.15) is 32.6 Å². The summed E-state index contributed by atoms with van der Waals surface area (Å²) in [6, 6.07) is -1.24. The fourth-order valence-corrected chi connectivity index (χ4v) is 3.11. The van der Waals surface area contributed by atoms with E-state index in [0.29, 0.717) is 6.54 Å². The first-order chi connectivity index (χ1) is 8.09. The van der Waals surface area contributed by atoms with Crippen molar-refractivity contribution >= 4 is 23.7 Å². The summed E-state index contributed by atoms with van der Waals surface area (Å²) in [5.74, 6) is 0.746. The third-order valence-corrected chi connectivity index (χ3v) is 4.19. The first-order valence-corrected chi connectivity index (χ1v) is 7.09. The van der Waals surface area contributed by atoms with Gasteiger partial charge in [-0.15, -0.1) is 0 Å². The Kier molecular flexibility index (Phi) is 6.18. The van der Waals surface area contributed by atoms with Crippen molar-refractivity contribution in [1.82, 2.24) is 10.6 Å². The predicted molar refractivity (Wildman–Crippen MR) is 69.9 cm³/mol. The first-order valence-electron chi connectivity index (χ1n) is 6.05. The van der Waals surface area contributed by atoms with Gasteiger partial charge in [0.15, 0.2) is 0 Å². The van der Waals surface area contributed by atoms with Gasteiger partial charge in [0, 0.05) is 17.5 Å². The number of carbonyl (C=O) groups is 2. The van der Waals surface area contributed by atoms with Crippen LogP contribution in [0.25, 0.3) is 0 Å². The molecule has 0 heterocycles. The Balaban J connectivity index is 2.04. The van der Waals surface area contributed by atoms with E-state index >= 15 is 0 Å². The molecule has 1 fully saturated rings. The van der Waals surface area contributed by atoms with Crippen molar-refractivity contribution < 1.29 is 9.59 Å². The van der Waals surface area contributed by atoms with Gasteiger partial charge in [-0.1, -0.05) is 12.8 Å². The van der Waals surface area contributed by atoms with E-state index in [2.05, 4.69) is 10.6 Å². The Hall–Kier alpha value is -0.910. The average Bonchev–Trinajstić information content (AvgIpc) is 2.75. The van der Waals surface area contributed by atoms with Gasteiger partial charge in [0.05, 0.1) is 0 Å². The predicted octanol–water partition coefficient (Wildman–Crippen LogP) is 0.835. The fraction of sp³-hybridized carbons (Fsp3) is 0.818. The fourth-order valence-electron chi connectivity index (χ4n) is 1.89. The van der Waals surface area contributed by atoms with Crippen LogP contribution >= 0.6 is 11.8 Å². The van der Waals surface area contributed by atoms with Crippen LogP contribution in [0.4, 0.5) is 4.79 Å². The number of hydrogen-bond donors (Lipinski definition) is 3. The highest BCUT2D eigenvalue weighted by molar-refractivity contribution is 7.99. The number of nitrogens with one attached hydrogen (secondary N) is 2. The van der Waals surface area contributed by atoms with E-state index in [-0.39, 0.29) is 5.91 Å². The van der Waals surface area contributed by atoms with Crippen molar-refractivity contribution in [3.63, 3.8) is 0 Å². The third kappa shape index (κ3) is 5.81. The number of nitrogens with two attached hydrogens (primary N) is 1. The lowest BCUT2D eigenvalue weighted by Crippen LogP contribution is -2.47. The molecular formula is C11H21N3O2S. The normalized spacial score (nSPS) is 17.7. The molecule has 0 aromatic carbocycles. The van der Waals surface area contributed by atoms with Gasteiger partial charge in [-0.05, 0) is 19.8 Å². The summed E-state index contributed by atoms with van der Waals surface area (Å²) in [5.41, 5.74) is 4.93. The summed E-state index contributed by atoms with van der Waals surface area (Å²) in [6.07, 6.45) is 5.28. The zero-order chi connectivity index (χ0) is 12.7. The number of thioether (sulfide) groups is 1. The molecule has 1 aliphatic rings. The molecule has 0 radical (unpaired) electrons. The van der Waals surface area contributed by atoms with Crippen LogP contribution in [0.2, 0.25) is 0 Å². The number of primary amides is 1. The van der Waals surface area contributed by atoms with E-state index in [4.69, 9.17) is 5.73 Å². The number of urea groups is 1. The van der Waals surface area contributed by atoms with Crippen LogP contribution in [0.5, 0.6) is 0 Å². The first kappa shape index (κ1) is 14.2. The molecule has 1 rings (SSSR count). The van der Waals surface area contributed by atoms with Crippen molar-refractivity contribution in [2.24, 2.45) is 5.73 Å². The molecule has 0 aliphatic heterocycles. The summed E-state index contributed by atoms with van der Waals surface area (Å²) >= 11 is 1.92. The van der Waals surface area contributed by atoms with E-state index in [1.54, 1.807) is 6.92 Å². The Morgan fingerprint density at radius 3 is 2.65 bits per heavy atom. The van der Waals surface area contributed by atoms with Crippen molar-refractivity contribution in [1.29, 1.82) is 0 Å². The second-order valence-corrected chi connectivity index (χ2v) is 5.71. The minimum Gasteiger partial charge on any atom is -0.353 e. The van der Waals surface area contributed by atoms with Gasteiger partial charge < -0.3 is 16.4 Å². The molecule has 0 bridgehead atoms. The standard InChI is InChI=1S/C11H21N3O2S/c1-8(14-11(12)16)10(15)13-6-7-17-9-4-2-3-5-9/h8-9H,2-7H2,1H3,(H,13,15)(H3,12,14,16). The molecular weight excluding hydrogens is 238 g/mol. The molecule has 98 valence electrons. The van der Waals surface area contributed by atoms with Gasteiger partial charge in [0.25, 0.3) is 0 Å². The minimum absolute atomic E-state index is 0.184. The SMILES string of the molecule is CC(NC(N)=O)C(=O)NCCSC1CCCC1. The number of carbonyl (C=O) groups excluding carboxylic acids is 2. The topological polar surface area (TPSA) is 84.2 Å². The number of hydrogen-bond acceptors (Lipinski definition) is 3. The van der Waals surface area contributed by atoms with Crippen molar-refractivity contribution in [3.05, 3.63) is 0 Å². The van der Waals surface area contributed by atoms with Crippen LogP contribution in [0.3, 0.4) is 0 Å². The highest BCUT2D eigenvalue weighted by atomic mass is 32.2. The zero-order valence-corrected chi connectivity index (χ0v) is 11.0. The summed E-state index contributed by atoms with van der Waals surface area (Å²) in [6.45, 7) is 2.26. The molecule has 0 spiro atoms. The monoisotopic (exact) mass is 259 g/mol. The van der Waals surface area contributed by atoms with Crippen molar-refractivity contribution in [3.8, 4) is 0 Å². The molecule has 0 aromatic rings. The Morgan fingerprint density at radius 2 is 2.06 bits per heavy atom. The lowest BCUT2D eigenvalue weighted by molar-refractivity contribution is -0.122. The molecule has 1 atom stereocenters. The molecule has 1 unspecified atom stereocenters. The van der Waals surface area contributed by atoms with E-state index in [0.717, 1.165) is 11.0 Å². The highest BCUT2D eigenvalue weighted by Gasteiger charge is 2.16. The Labute approximate surface area is 106 Å². The molecule has 17 heavy (non-hydrogen) atoms. The molecule has 4 N–H and O–H groups in total. The summed E-state index contributed by atoms with van der Waals surface area (Å²) in [7, 11) is 0. The van der Waals surface area contributed by atoms with Gasteiger partial charge in [-0.3, -0.25) is 4.79 Å². The van der Waals surface area contributed by atoms with Crippen LogP contribution in [0, 0.1) is 0 Å². The molecule has 3 amide bonds. The van der Waals surface area contributed by atoms with Gasteiger partial charge >= 0.3 is 6.03 Å². The summed E-state index contributed by atoms with van der Waals surface area (Å²) in [4.78, 5) is 22.0. The zero-order valence-electron chi connectivity index (χ0n) is 10.2. The van der Waals surface area contributed by atoms with Gasteiger partial charge in [0.2, 0.25) is 5.91 Å². The van der Waals surface area contributed by atoms with Gasteiger partial charge in [0.1, 0.15) is 6.04 Å². The molecule has 0 saturated heterocycles.